The minimum atomic E-state index is 0.0458. The van der Waals surface area contributed by atoms with Crippen molar-refractivity contribution in [1.82, 2.24) is 5.32 Å². The Bertz CT molecular complexity index is 880. The van der Waals surface area contributed by atoms with Crippen LogP contribution in [0.25, 0.3) is 10.8 Å². The molecule has 0 aliphatic heterocycles. The molecule has 3 nitrogen and oxygen atoms in total. The van der Waals surface area contributed by atoms with Gasteiger partial charge >= 0.3 is 0 Å². The first-order valence-electron chi connectivity index (χ1n) is 8.79. The molecule has 0 aliphatic carbocycles. The summed E-state index contributed by atoms with van der Waals surface area (Å²) in [5.74, 6) is 0.0928. The summed E-state index contributed by atoms with van der Waals surface area (Å²) in [4.78, 5) is 12.5. The van der Waals surface area contributed by atoms with Gasteiger partial charge in [0.1, 0.15) is 0 Å². The summed E-state index contributed by atoms with van der Waals surface area (Å²) in [5.41, 5.74) is 1.81. The predicted octanol–water partition coefficient (Wildman–Crippen LogP) is 4.78. The Labute approximate surface area is 158 Å². The quantitative estimate of drug-likeness (QED) is 0.563. The molecule has 0 spiro atoms. The van der Waals surface area contributed by atoms with Crippen molar-refractivity contribution >= 4 is 28.2 Å². The van der Waals surface area contributed by atoms with Gasteiger partial charge in [-0.15, -0.1) is 0 Å². The Balaban J connectivity index is 1.63. The van der Waals surface area contributed by atoms with Crippen molar-refractivity contribution < 1.29 is 9.90 Å². The number of halogens is 1. The molecule has 134 valence electrons. The van der Waals surface area contributed by atoms with Gasteiger partial charge in [0, 0.05) is 41.6 Å². The maximum Gasteiger partial charge on any atom is 0.164 e. The topological polar surface area (TPSA) is 49.3 Å². The molecule has 2 N–H and O–H groups in total. The van der Waals surface area contributed by atoms with Crippen LogP contribution in [-0.2, 0) is 0 Å². The number of Topliss-reactive ketones (excluding diaryl/α,β-unsaturated/α-hetero) is 1. The fourth-order valence-corrected chi connectivity index (χ4v) is 3.37. The Hall–Kier alpha value is -2.20. The Kier molecular flexibility index (Phi) is 6.40. The molecule has 26 heavy (non-hydrogen) atoms. The smallest absolute Gasteiger partial charge is 0.164 e. The van der Waals surface area contributed by atoms with E-state index in [4.69, 9.17) is 11.6 Å². The van der Waals surface area contributed by atoms with Crippen LogP contribution in [0, 0.1) is 0 Å². The van der Waals surface area contributed by atoms with E-state index < -0.39 is 0 Å². The van der Waals surface area contributed by atoms with Crippen LogP contribution in [0.1, 0.15) is 34.8 Å². The third-order valence-electron chi connectivity index (χ3n) is 4.51. The van der Waals surface area contributed by atoms with Crippen molar-refractivity contribution in [3.05, 3.63) is 82.9 Å². The number of nitrogens with one attached hydrogen (secondary N) is 1. The summed E-state index contributed by atoms with van der Waals surface area (Å²) in [6, 6.07) is 21.4. The summed E-state index contributed by atoms with van der Waals surface area (Å²) >= 11 is 6.18. The second-order valence-electron chi connectivity index (χ2n) is 6.28. The lowest BCUT2D eigenvalue weighted by molar-refractivity contribution is 0.0981. The lowest BCUT2D eigenvalue weighted by Gasteiger charge is -2.18. The molecular formula is C22H22ClNO2. The van der Waals surface area contributed by atoms with Gasteiger partial charge in [0.05, 0.1) is 0 Å². The number of hydrogen-bond acceptors (Lipinski definition) is 3. The van der Waals surface area contributed by atoms with Crippen molar-refractivity contribution in [2.45, 2.75) is 18.9 Å². The first-order valence-corrected chi connectivity index (χ1v) is 9.17. The average Bonchev–Trinajstić information content (AvgIpc) is 2.68. The maximum atomic E-state index is 12.5. The highest BCUT2D eigenvalue weighted by Crippen LogP contribution is 2.24. The van der Waals surface area contributed by atoms with E-state index >= 15 is 0 Å². The molecule has 3 aromatic carbocycles. The number of ketones is 1. The minimum absolute atomic E-state index is 0.0458. The van der Waals surface area contributed by atoms with Crippen molar-refractivity contribution in [1.29, 1.82) is 0 Å². The second kappa shape index (κ2) is 8.95. The van der Waals surface area contributed by atoms with E-state index in [0.29, 0.717) is 30.0 Å². The summed E-state index contributed by atoms with van der Waals surface area (Å²) in [6.07, 6.45) is 1.02. The van der Waals surface area contributed by atoms with E-state index in [1.165, 1.54) is 0 Å². The summed E-state index contributed by atoms with van der Waals surface area (Å²) < 4.78 is 0. The van der Waals surface area contributed by atoms with E-state index in [9.17, 15) is 9.90 Å². The monoisotopic (exact) mass is 367 g/mol. The van der Waals surface area contributed by atoms with Crippen LogP contribution in [0.2, 0.25) is 5.02 Å². The Morgan fingerprint density at radius 1 is 1.04 bits per heavy atom. The number of rotatable bonds is 8. The third kappa shape index (κ3) is 4.50. The lowest BCUT2D eigenvalue weighted by atomic mass is 10.0. The van der Waals surface area contributed by atoms with Crippen LogP contribution in [0.4, 0.5) is 0 Å². The zero-order valence-corrected chi connectivity index (χ0v) is 15.2. The van der Waals surface area contributed by atoms with Crippen LogP contribution in [0.3, 0.4) is 0 Å². The van der Waals surface area contributed by atoms with Crippen LogP contribution < -0.4 is 5.32 Å². The van der Waals surface area contributed by atoms with Gasteiger partial charge in [-0.1, -0.05) is 66.2 Å². The number of carbonyl (C=O) groups is 1. The van der Waals surface area contributed by atoms with E-state index in [2.05, 4.69) is 5.32 Å². The fraction of sp³-hybridized carbons (Fsp3) is 0.227. The Morgan fingerprint density at radius 2 is 1.85 bits per heavy atom. The van der Waals surface area contributed by atoms with Gasteiger partial charge in [-0.2, -0.15) is 0 Å². The molecule has 4 heteroatoms. The highest BCUT2D eigenvalue weighted by atomic mass is 35.5. The van der Waals surface area contributed by atoms with Gasteiger partial charge in [0.15, 0.2) is 5.78 Å². The summed E-state index contributed by atoms with van der Waals surface area (Å²) in [6.45, 7) is 0.665. The molecule has 0 aromatic heterocycles. The molecule has 0 saturated heterocycles. The molecule has 0 amide bonds. The largest absolute Gasteiger partial charge is 0.396 e. The van der Waals surface area contributed by atoms with Gasteiger partial charge in [0.2, 0.25) is 0 Å². The van der Waals surface area contributed by atoms with Crippen molar-refractivity contribution in [2.75, 3.05) is 13.2 Å². The summed E-state index contributed by atoms with van der Waals surface area (Å²) in [5, 5.41) is 15.3. The third-order valence-corrected chi connectivity index (χ3v) is 4.84. The van der Waals surface area contributed by atoms with Gasteiger partial charge in [-0.05, 0) is 29.5 Å². The van der Waals surface area contributed by atoms with Crippen LogP contribution in [-0.4, -0.2) is 24.0 Å². The molecule has 1 atom stereocenters. The molecule has 0 radical (unpaired) electrons. The molecule has 0 bridgehead atoms. The van der Waals surface area contributed by atoms with E-state index in [-0.39, 0.29) is 18.4 Å². The van der Waals surface area contributed by atoms with Crippen LogP contribution >= 0.6 is 11.6 Å². The number of aliphatic hydroxyl groups is 1. The standard InChI is InChI=1S/C22H22ClNO2/c23-20-8-4-7-17-15-18(9-10-19(17)20)22(26)11-13-24-21(12-14-25)16-5-2-1-3-6-16/h1-10,15,21,24-25H,11-14H2. The zero-order valence-electron chi connectivity index (χ0n) is 14.5. The van der Waals surface area contributed by atoms with Gasteiger partial charge in [0.25, 0.3) is 0 Å². The zero-order chi connectivity index (χ0) is 18.4. The van der Waals surface area contributed by atoms with Crippen molar-refractivity contribution in [3.63, 3.8) is 0 Å². The molecule has 1 unspecified atom stereocenters. The van der Waals surface area contributed by atoms with Crippen molar-refractivity contribution in [3.8, 4) is 0 Å². The summed E-state index contributed by atoms with van der Waals surface area (Å²) in [7, 11) is 0. The number of aliphatic hydroxyl groups excluding tert-OH is 1. The van der Waals surface area contributed by atoms with Crippen LogP contribution in [0.15, 0.2) is 66.7 Å². The van der Waals surface area contributed by atoms with E-state index in [0.717, 1.165) is 16.3 Å². The predicted molar refractivity (Wildman–Crippen MR) is 107 cm³/mol. The molecule has 0 saturated carbocycles. The highest BCUT2D eigenvalue weighted by molar-refractivity contribution is 6.35. The lowest BCUT2D eigenvalue weighted by Crippen LogP contribution is -2.25. The average molecular weight is 368 g/mol. The molecule has 3 aromatic rings. The normalized spacial score (nSPS) is 12.2. The number of benzene rings is 3. The molecule has 0 aliphatic rings. The van der Waals surface area contributed by atoms with Gasteiger partial charge in [-0.3, -0.25) is 4.79 Å². The second-order valence-corrected chi connectivity index (χ2v) is 6.69. The number of carbonyl (C=O) groups excluding carboxylic acids is 1. The molecule has 3 rings (SSSR count). The number of hydrogen-bond donors (Lipinski definition) is 2. The van der Waals surface area contributed by atoms with Gasteiger partial charge < -0.3 is 10.4 Å². The number of fused-ring (bicyclic) bond motifs is 1. The molecule has 0 heterocycles. The molecule has 0 fully saturated rings. The SMILES string of the molecule is O=C(CCNC(CCO)c1ccccc1)c1ccc2c(Cl)cccc2c1. The Morgan fingerprint density at radius 3 is 2.62 bits per heavy atom. The van der Waals surface area contributed by atoms with Crippen molar-refractivity contribution in [2.24, 2.45) is 0 Å². The maximum absolute atomic E-state index is 12.5. The van der Waals surface area contributed by atoms with Crippen LogP contribution in [0.5, 0.6) is 0 Å². The first-order chi connectivity index (χ1) is 12.7. The fourth-order valence-electron chi connectivity index (χ4n) is 3.12. The minimum Gasteiger partial charge on any atom is -0.396 e. The van der Waals surface area contributed by atoms with Gasteiger partial charge in [-0.25, -0.2) is 0 Å². The first kappa shape index (κ1) is 18.6. The van der Waals surface area contributed by atoms with E-state index in [1.807, 2.05) is 66.7 Å². The highest BCUT2D eigenvalue weighted by Gasteiger charge is 2.12. The van der Waals surface area contributed by atoms with E-state index in [1.54, 1.807) is 0 Å². The molecular weight excluding hydrogens is 346 g/mol.